The lowest BCUT2D eigenvalue weighted by atomic mass is 10.3. The van der Waals surface area contributed by atoms with Gasteiger partial charge >= 0.3 is 0 Å². The minimum absolute atomic E-state index is 0.109. The molecule has 4 rings (SSSR count). The molecule has 0 N–H and O–H groups in total. The maximum absolute atomic E-state index is 12.7. The number of aromatic nitrogens is 2. The fraction of sp³-hybridized carbons (Fsp3) is 0.389. The molecule has 0 aliphatic carbocycles. The van der Waals surface area contributed by atoms with Crippen LogP contribution < -0.4 is 0 Å². The largest absolute Gasteiger partial charge is 0.330 e. The van der Waals surface area contributed by atoms with E-state index >= 15 is 0 Å². The summed E-state index contributed by atoms with van der Waals surface area (Å²) in [6, 6.07) is 9.92. The van der Waals surface area contributed by atoms with E-state index in [1.54, 1.807) is 22.0 Å². The first-order chi connectivity index (χ1) is 12.6. The van der Waals surface area contributed by atoms with Gasteiger partial charge in [-0.1, -0.05) is 12.1 Å². The number of fused-ring (bicyclic) bond motifs is 1. The van der Waals surface area contributed by atoms with Crippen LogP contribution in [-0.2, 0) is 23.1 Å². The zero-order chi connectivity index (χ0) is 18.0. The van der Waals surface area contributed by atoms with Crippen molar-refractivity contribution in [2.24, 2.45) is 0 Å². The van der Waals surface area contributed by atoms with Crippen LogP contribution in [0.5, 0.6) is 0 Å². The molecule has 0 unspecified atom stereocenters. The molecule has 1 aliphatic rings. The molecule has 0 atom stereocenters. The van der Waals surface area contributed by atoms with E-state index in [1.165, 1.54) is 5.56 Å². The predicted molar refractivity (Wildman–Crippen MR) is 105 cm³/mol. The molecule has 2 aromatic heterocycles. The van der Waals surface area contributed by atoms with Gasteiger partial charge in [0.2, 0.25) is 10.0 Å². The molecule has 1 aromatic carbocycles. The van der Waals surface area contributed by atoms with Gasteiger partial charge in [0.25, 0.3) is 0 Å². The molecular weight excluding hydrogens is 368 g/mol. The van der Waals surface area contributed by atoms with Gasteiger partial charge in [0.1, 0.15) is 0 Å². The standard InChI is InChI=1S/C18H22N4O2S2/c23-26(24,12-10-21-15-19-17-3-1-2-4-18(17)21)22-8-6-20(7-9-22)13-16-5-11-25-14-16/h1-5,11,14-15H,6-10,12-13H2. The number of imidazole rings is 1. The van der Waals surface area contributed by atoms with E-state index in [-0.39, 0.29) is 5.75 Å². The third-order valence-corrected chi connectivity index (χ3v) is 7.41. The van der Waals surface area contributed by atoms with Crippen molar-refractivity contribution in [3.05, 3.63) is 53.0 Å². The molecular formula is C18H22N4O2S2. The topological polar surface area (TPSA) is 58.4 Å². The molecule has 0 amide bonds. The molecule has 0 saturated carbocycles. The van der Waals surface area contributed by atoms with Crippen LogP contribution in [0, 0.1) is 0 Å². The third kappa shape index (κ3) is 3.83. The van der Waals surface area contributed by atoms with Crippen LogP contribution in [-0.4, -0.2) is 59.1 Å². The number of aryl methyl sites for hydroxylation is 1. The number of rotatable bonds is 6. The molecule has 8 heteroatoms. The summed E-state index contributed by atoms with van der Waals surface area (Å²) in [5.74, 6) is 0.109. The highest BCUT2D eigenvalue weighted by Crippen LogP contribution is 2.15. The summed E-state index contributed by atoms with van der Waals surface area (Å²) in [5.41, 5.74) is 3.17. The normalized spacial score (nSPS) is 17.1. The van der Waals surface area contributed by atoms with Gasteiger partial charge in [-0.15, -0.1) is 0 Å². The first-order valence-corrected chi connectivity index (χ1v) is 11.3. The van der Waals surface area contributed by atoms with Crippen molar-refractivity contribution in [2.45, 2.75) is 13.1 Å². The van der Waals surface area contributed by atoms with E-state index in [4.69, 9.17) is 0 Å². The Hall–Kier alpha value is -1.74. The van der Waals surface area contributed by atoms with Crippen LogP contribution in [0.15, 0.2) is 47.4 Å². The van der Waals surface area contributed by atoms with Gasteiger partial charge in [-0.05, 0) is 34.5 Å². The Labute approximate surface area is 157 Å². The maximum Gasteiger partial charge on any atom is 0.215 e. The van der Waals surface area contributed by atoms with Crippen molar-refractivity contribution in [2.75, 3.05) is 31.9 Å². The highest BCUT2D eigenvalue weighted by molar-refractivity contribution is 7.89. The molecule has 138 valence electrons. The summed E-state index contributed by atoms with van der Waals surface area (Å²) in [7, 11) is -3.25. The summed E-state index contributed by atoms with van der Waals surface area (Å²) >= 11 is 1.70. The SMILES string of the molecule is O=S(=O)(CCn1cnc2ccccc21)N1CCN(Cc2ccsc2)CC1. The summed E-state index contributed by atoms with van der Waals surface area (Å²) in [4.78, 5) is 6.64. The Balaban J connectivity index is 1.34. The number of hydrogen-bond acceptors (Lipinski definition) is 5. The van der Waals surface area contributed by atoms with E-state index in [2.05, 4.69) is 26.7 Å². The molecule has 0 bridgehead atoms. The summed E-state index contributed by atoms with van der Waals surface area (Å²) < 4.78 is 29.0. The second-order valence-corrected chi connectivity index (χ2v) is 9.42. The second kappa shape index (κ2) is 7.48. The van der Waals surface area contributed by atoms with Gasteiger partial charge in [-0.25, -0.2) is 13.4 Å². The molecule has 0 spiro atoms. The molecule has 1 saturated heterocycles. The molecule has 1 aliphatic heterocycles. The highest BCUT2D eigenvalue weighted by atomic mass is 32.2. The zero-order valence-corrected chi connectivity index (χ0v) is 16.1. The minimum atomic E-state index is -3.25. The van der Waals surface area contributed by atoms with E-state index in [0.717, 1.165) is 30.7 Å². The molecule has 0 radical (unpaired) electrons. The second-order valence-electron chi connectivity index (χ2n) is 6.55. The zero-order valence-electron chi connectivity index (χ0n) is 14.5. The van der Waals surface area contributed by atoms with Crippen molar-refractivity contribution >= 4 is 32.4 Å². The summed E-state index contributed by atoms with van der Waals surface area (Å²) in [5, 5.41) is 4.23. The van der Waals surface area contributed by atoms with Gasteiger partial charge in [-0.2, -0.15) is 15.6 Å². The van der Waals surface area contributed by atoms with Gasteiger partial charge in [0, 0.05) is 39.3 Å². The van der Waals surface area contributed by atoms with Crippen molar-refractivity contribution < 1.29 is 8.42 Å². The van der Waals surface area contributed by atoms with Crippen LogP contribution in [0.25, 0.3) is 11.0 Å². The number of piperazine rings is 1. The van der Waals surface area contributed by atoms with E-state index in [0.29, 0.717) is 19.6 Å². The van der Waals surface area contributed by atoms with Gasteiger partial charge in [0.05, 0.1) is 23.1 Å². The van der Waals surface area contributed by atoms with E-state index in [9.17, 15) is 8.42 Å². The smallest absolute Gasteiger partial charge is 0.215 e. The van der Waals surface area contributed by atoms with E-state index in [1.807, 2.05) is 28.8 Å². The fourth-order valence-corrected chi connectivity index (χ4v) is 5.40. The molecule has 3 heterocycles. The first-order valence-electron chi connectivity index (χ1n) is 8.73. The molecule has 3 aromatic rings. The lowest BCUT2D eigenvalue weighted by Crippen LogP contribution is -2.49. The van der Waals surface area contributed by atoms with Crippen molar-refractivity contribution in [3.8, 4) is 0 Å². The Morgan fingerprint density at radius 3 is 2.65 bits per heavy atom. The number of para-hydroxylation sites is 2. The Morgan fingerprint density at radius 2 is 1.88 bits per heavy atom. The van der Waals surface area contributed by atoms with Crippen molar-refractivity contribution in [3.63, 3.8) is 0 Å². The van der Waals surface area contributed by atoms with Gasteiger partial charge in [0.15, 0.2) is 0 Å². The molecule has 6 nitrogen and oxygen atoms in total. The Bertz CT molecular complexity index is 958. The van der Waals surface area contributed by atoms with Gasteiger partial charge < -0.3 is 4.57 Å². The lowest BCUT2D eigenvalue weighted by molar-refractivity contribution is 0.181. The third-order valence-electron chi connectivity index (χ3n) is 4.83. The number of nitrogens with zero attached hydrogens (tertiary/aromatic N) is 4. The lowest BCUT2D eigenvalue weighted by Gasteiger charge is -2.33. The molecule has 1 fully saturated rings. The minimum Gasteiger partial charge on any atom is -0.330 e. The predicted octanol–water partition coefficient (Wildman–Crippen LogP) is 2.25. The number of hydrogen-bond donors (Lipinski definition) is 0. The highest BCUT2D eigenvalue weighted by Gasteiger charge is 2.26. The van der Waals surface area contributed by atoms with Gasteiger partial charge in [-0.3, -0.25) is 4.90 Å². The average Bonchev–Trinajstić information content (AvgIpc) is 3.30. The Kier molecular flexibility index (Phi) is 5.08. The van der Waals surface area contributed by atoms with Crippen LogP contribution in [0.2, 0.25) is 0 Å². The number of sulfonamides is 1. The Morgan fingerprint density at radius 1 is 1.08 bits per heavy atom. The number of thiophene rings is 1. The summed E-state index contributed by atoms with van der Waals surface area (Å²) in [6.07, 6.45) is 1.72. The summed E-state index contributed by atoms with van der Waals surface area (Å²) in [6.45, 7) is 4.02. The average molecular weight is 391 g/mol. The number of benzene rings is 1. The maximum atomic E-state index is 12.7. The quantitative estimate of drug-likeness (QED) is 0.648. The van der Waals surface area contributed by atoms with E-state index < -0.39 is 10.0 Å². The first kappa shape index (κ1) is 17.7. The van der Waals surface area contributed by atoms with Crippen LogP contribution in [0.4, 0.5) is 0 Å². The monoisotopic (exact) mass is 390 g/mol. The van der Waals surface area contributed by atoms with Crippen molar-refractivity contribution in [1.29, 1.82) is 0 Å². The molecule has 26 heavy (non-hydrogen) atoms. The fourth-order valence-electron chi connectivity index (χ4n) is 3.34. The van der Waals surface area contributed by atoms with Crippen LogP contribution in [0.1, 0.15) is 5.56 Å². The van der Waals surface area contributed by atoms with Crippen molar-refractivity contribution in [1.82, 2.24) is 18.8 Å². The van der Waals surface area contributed by atoms with Crippen LogP contribution in [0.3, 0.4) is 0 Å². The van der Waals surface area contributed by atoms with Crippen LogP contribution >= 0.6 is 11.3 Å².